The van der Waals surface area contributed by atoms with Crippen molar-refractivity contribution < 1.29 is 18.9 Å². The van der Waals surface area contributed by atoms with Gasteiger partial charge in [0.05, 0.1) is 12.4 Å². The molecule has 3 aromatic carbocycles. The van der Waals surface area contributed by atoms with Gasteiger partial charge in [0.2, 0.25) is 5.95 Å². The number of nitrogens with zero attached hydrogens (tertiary/aromatic N) is 3. The quantitative estimate of drug-likeness (QED) is 0.435. The first kappa shape index (κ1) is 20.1. The predicted molar refractivity (Wildman–Crippen MR) is 123 cm³/mol. The summed E-state index contributed by atoms with van der Waals surface area (Å²) in [5, 5.41) is 10.7. The van der Waals surface area contributed by atoms with Crippen LogP contribution < -0.4 is 19.5 Å². The van der Waals surface area contributed by atoms with Gasteiger partial charge >= 0.3 is 0 Å². The second kappa shape index (κ2) is 8.02. The normalized spacial score (nSPS) is 16.4. The minimum atomic E-state index is -3.42. The fraction of sp³-hybridized carbons (Fsp3) is 0.0833. The van der Waals surface area contributed by atoms with Crippen molar-refractivity contribution in [2.75, 3.05) is 18.3 Å². The van der Waals surface area contributed by atoms with E-state index in [0.717, 1.165) is 11.1 Å². The maximum absolute atomic E-state index is 14.4. The van der Waals surface area contributed by atoms with Crippen molar-refractivity contribution in [3.63, 3.8) is 0 Å². The van der Waals surface area contributed by atoms with Gasteiger partial charge in [-0.15, -0.1) is 0 Å². The van der Waals surface area contributed by atoms with Gasteiger partial charge in [-0.05, 0) is 35.9 Å². The van der Waals surface area contributed by atoms with Crippen molar-refractivity contribution in [1.29, 1.82) is 0 Å². The monoisotopic (exact) mass is 445 g/mol. The van der Waals surface area contributed by atoms with Crippen LogP contribution in [0.25, 0.3) is 11.1 Å². The molecule has 1 aliphatic rings. The summed E-state index contributed by atoms with van der Waals surface area (Å²) in [6.07, 6.45) is 3.23. The average molecular weight is 445 g/mol. The van der Waals surface area contributed by atoms with E-state index in [2.05, 4.69) is 9.97 Å². The van der Waals surface area contributed by atoms with Crippen LogP contribution in [0.1, 0.15) is 0 Å². The number of aromatic nitrogens is 2. The van der Waals surface area contributed by atoms with Crippen LogP contribution in [-0.4, -0.2) is 28.5 Å². The lowest BCUT2D eigenvalue weighted by Crippen LogP contribution is -2.29. The van der Waals surface area contributed by atoms with Crippen LogP contribution in [0.15, 0.2) is 85.2 Å². The van der Waals surface area contributed by atoms with Crippen LogP contribution in [-0.2, 0) is 4.57 Å². The molecular weight excluding hydrogens is 425 g/mol. The molecule has 160 valence electrons. The van der Waals surface area contributed by atoms with E-state index in [1.165, 1.54) is 13.2 Å². The number of hydrogen-bond acceptors (Lipinski definition) is 7. The first-order valence-electron chi connectivity index (χ1n) is 9.98. The average Bonchev–Trinajstić information content (AvgIpc) is 2.84. The molecule has 0 radical (unpaired) electrons. The van der Waals surface area contributed by atoms with Crippen LogP contribution in [0, 0.1) is 0 Å². The van der Waals surface area contributed by atoms with Gasteiger partial charge in [-0.3, -0.25) is 9.46 Å². The van der Waals surface area contributed by atoms with Crippen molar-refractivity contribution >= 4 is 24.3 Å². The number of phenolic OH excluding ortho intramolecular Hbond substituents is 1. The number of anilines is 2. The summed E-state index contributed by atoms with van der Waals surface area (Å²) >= 11 is 0. The summed E-state index contributed by atoms with van der Waals surface area (Å²) < 4.78 is 25.8. The maximum Gasteiger partial charge on any atom is 0.297 e. The third kappa shape index (κ3) is 3.47. The van der Waals surface area contributed by atoms with E-state index in [1.54, 1.807) is 35.5 Å². The van der Waals surface area contributed by atoms with Crippen molar-refractivity contribution in [3.05, 3.63) is 85.2 Å². The van der Waals surface area contributed by atoms with E-state index < -0.39 is 7.37 Å². The summed E-state index contributed by atoms with van der Waals surface area (Å²) in [4.78, 5) is 10.4. The highest BCUT2D eigenvalue weighted by atomic mass is 31.2. The molecule has 1 aliphatic heterocycles. The summed E-state index contributed by atoms with van der Waals surface area (Å²) in [6, 6.07) is 21.7. The Morgan fingerprint density at radius 3 is 2.47 bits per heavy atom. The number of hydrogen-bond donors (Lipinski definition) is 1. The summed E-state index contributed by atoms with van der Waals surface area (Å²) in [5.74, 6) is 1.23. The second-order valence-corrected chi connectivity index (χ2v) is 9.55. The molecule has 4 aromatic rings. The molecule has 2 heterocycles. The lowest BCUT2D eigenvalue weighted by Gasteiger charge is -2.32. The molecular formula is C24H20N3O4P. The number of ether oxygens (including phenoxy) is 1. The maximum atomic E-state index is 14.4. The van der Waals surface area contributed by atoms with Crippen LogP contribution in [0.2, 0.25) is 0 Å². The Morgan fingerprint density at radius 1 is 0.969 bits per heavy atom. The van der Waals surface area contributed by atoms with Gasteiger partial charge in [-0.1, -0.05) is 36.4 Å². The number of para-hydroxylation sites is 1. The Labute approximate surface area is 185 Å². The zero-order valence-electron chi connectivity index (χ0n) is 17.3. The molecule has 0 saturated carbocycles. The number of methoxy groups -OCH3 is 1. The highest BCUT2D eigenvalue weighted by molar-refractivity contribution is 7.68. The zero-order chi connectivity index (χ0) is 22.1. The van der Waals surface area contributed by atoms with E-state index in [9.17, 15) is 9.67 Å². The fourth-order valence-electron chi connectivity index (χ4n) is 3.79. The number of phenols is 1. The first-order valence-corrected chi connectivity index (χ1v) is 11.8. The minimum Gasteiger partial charge on any atom is -0.504 e. The molecule has 0 aliphatic carbocycles. The highest BCUT2D eigenvalue weighted by Crippen LogP contribution is 2.55. The van der Waals surface area contributed by atoms with E-state index in [1.807, 2.05) is 48.5 Å². The fourth-order valence-corrected chi connectivity index (χ4v) is 6.11. The molecule has 5 rings (SSSR count). The highest BCUT2D eigenvalue weighted by Gasteiger charge is 2.38. The van der Waals surface area contributed by atoms with Crippen LogP contribution >= 0.6 is 7.37 Å². The number of fused-ring (bicyclic) bond motifs is 3. The summed E-state index contributed by atoms with van der Waals surface area (Å²) in [5.41, 5.74) is 2.40. The Hall–Kier alpha value is -3.83. The molecule has 0 bridgehead atoms. The molecule has 0 fully saturated rings. The number of benzene rings is 3. The molecule has 1 N–H and O–H groups in total. The van der Waals surface area contributed by atoms with E-state index in [4.69, 9.17) is 9.26 Å². The van der Waals surface area contributed by atoms with Gasteiger partial charge in [0.1, 0.15) is 12.0 Å². The van der Waals surface area contributed by atoms with Crippen molar-refractivity contribution in [1.82, 2.24) is 9.97 Å². The number of rotatable bonds is 5. The van der Waals surface area contributed by atoms with E-state index in [-0.39, 0.29) is 17.8 Å². The van der Waals surface area contributed by atoms with Gasteiger partial charge < -0.3 is 14.4 Å². The lowest BCUT2D eigenvalue weighted by molar-refractivity contribution is 0.373. The van der Waals surface area contributed by atoms with Gasteiger partial charge in [0.25, 0.3) is 7.37 Å². The molecule has 0 amide bonds. The molecule has 8 heteroatoms. The second-order valence-electron chi connectivity index (χ2n) is 7.25. The zero-order valence-corrected chi connectivity index (χ0v) is 18.1. The van der Waals surface area contributed by atoms with Crippen LogP contribution in [0.5, 0.6) is 17.2 Å². The van der Waals surface area contributed by atoms with Gasteiger partial charge in [-0.2, -0.15) is 0 Å². The van der Waals surface area contributed by atoms with Gasteiger partial charge in [-0.25, -0.2) is 9.97 Å². The van der Waals surface area contributed by atoms with Crippen molar-refractivity contribution in [3.8, 4) is 28.4 Å². The molecule has 7 nitrogen and oxygen atoms in total. The Bertz CT molecular complexity index is 1330. The Morgan fingerprint density at radius 2 is 1.69 bits per heavy atom. The molecule has 1 aromatic heterocycles. The molecule has 0 saturated heterocycles. The largest absolute Gasteiger partial charge is 0.504 e. The Kier molecular flexibility index (Phi) is 5.04. The predicted octanol–water partition coefficient (Wildman–Crippen LogP) is 4.95. The summed E-state index contributed by atoms with van der Waals surface area (Å²) in [7, 11) is -1.94. The summed E-state index contributed by atoms with van der Waals surface area (Å²) in [6.45, 7) is 0. The van der Waals surface area contributed by atoms with Gasteiger partial charge in [0.15, 0.2) is 11.5 Å². The van der Waals surface area contributed by atoms with Crippen LogP contribution in [0.4, 0.5) is 11.6 Å². The molecule has 1 atom stereocenters. The third-order valence-electron chi connectivity index (χ3n) is 5.29. The molecule has 0 spiro atoms. The topological polar surface area (TPSA) is 84.8 Å². The van der Waals surface area contributed by atoms with Crippen molar-refractivity contribution in [2.24, 2.45) is 0 Å². The van der Waals surface area contributed by atoms with Crippen molar-refractivity contribution in [2.45, 2.75) is 0 Å². The Balaban J connectivity index is 1.64. The molecule has 32 heavy (non-hydrogen) atoms. The third-order valence-corrected chi connectivity index (χ3v) is 7.56. The standard InChI is InChI=1S/C24H20N3O4P/c1-30-22-15-17(11-12-20(22)28)27(24-25-13-6-14-26-24)16-32(29)23-10-5-3-8-19(23)18-7-2-4-9-21(18)31-32/h2-15,28H,16H2,1H3. The smallest absolute Gasteiger partial charge is 0.297 e. The van der Waals surface area contributed by atoms with Crippen LogP contribution in [0.3, 0.4) is 0 Å². The number of aromatic hydroxyl groups is 1. The van der Waals surface area contributed by atoms with Gasteiger partial charge in [0, 0.05) is 29.7 Å². The van der Waals surface area contributed by atoms with E-state index >= 15 is 0 Å². The van der Waals surface area contributed by atoms with E-state index in [0.29, 0.717) is 22.7 Å². The lowest BCUT2D eigenvalue weighted by atomic mass is 10.0. The first-order chi connectivity index (χ1) is 15.6. The molecule has 1 unspecified atom stereocenters. The minimum absolute atomic E-state index is 0.00368. The SMILES string of the molecule is COc1cc(N(CP2(=O)Oc3ccccc3-c3ccccc32)c2ncccn2)ccc1O.